The summed E-state index contributed by atoms with van der Waals surface area (Å²) in [7, 11) is -1.26. The molecule has 0 fully saturated rings. The van der Waals surface area contributed by atoms with Gasteiger partial charge in [-0.1, -0.05) is 38.1 Å². The van der Waals surface area contributed by atoms with E-state index >= 15 is 0 Å². The molecule has 224 valence electrons. The van der Waals surface area contributed by atoms with Gasteiger partial charge in [-0.2, -0.15) is 8.42 Å². The number of methoxy groups -OCH3 is 2. The molecule has 2 atom stereocenters. The van der Waals surface area contributed by atoms with Gasteiger partial charge >= 0.3 is 11.9 Å². The Morgan fingerprint density at radius 3 is 1.55 bits per heavy atom. The Hall–Kier alpha value is -3.15. The molecule has 0 aliphatic carbocycles. The summed E-state index contributed by atoms with van der Waals surface area (Å²) in [6.45, 7) is 5.46. The maximum absolute atomic E-state index is 11.6. The van der Waals surface area contributed by atoms with Crippen LogP contribution in [-0.4, -0.2) is 71.4 Å². The largest absolute Gasteiger partial charge is 0.494 e. The second-order valence-electron chi connectivity index (χ2n) is 8.91. The van der Waals surface area contributed by atoms with Gasteiger partial charge in [-0.25, -0.2) is 9.59 Å². The summed E-state index contributed by atoms with van der Waals surface area (Å²) in [5.41, 5.74) is 2.01. The molecule has 2 aromatic carbocycles. The third-order valence-corrected chi connectivity index (χ3v) is 6.00. The number of ether oxygens (including phenoxy) is 4. The van der Waals surface area contributed by atoms with Crippen molar-refractivity contribution in [2.75, 3.05) is 33.7 Å². The van der Waals surface area contributed by atoms with Crippen molar-refractivity contribution in [2.45, 2.75) is 64.6 Å². The number of carbonyl (C=O) groups excluding carboxylic acids is 2. The average Bonchev–Trinajstić information content (AvgIpc) is 2.95. The molecular weight excluding hydrogens is 540 g/mol. The highest BCUT2D eigenvalue weighted by atomic mass is 32.2. The van der Waals surface area contributed by atoms with E-state index in [1.165, 1.54) is 14.2 Å². The molecule has 0 saturated carbocycles. The van der Waals surface area contributed by atoms with Crippen LogP contribution in [0.5, 0.6) is 11.5 Å². The first kappa shape index (κ1) is 34.9. The number of esters is 2. The number of hydrogen-bond acceptors (Lipinski definition) is 10. The van der Waals surface area contributed by atoms with Gasteiger partial charge in [0.2, 0.25) is 0 Å². The third-order valence-electron chi connectivity index (χ3n) is 5.42. The topological polar surface area (TPSA) is 135 Å². The SMILES string of the molecule is CCCOc1ccc(CCC(O)C(=O)OC)cc1.CCCOc1ccc(CCC(OS(C)(=O)=O)C(=O)OC)cc1. The lowest BCUT2D eigenvalue weighted by Crippen LogP contribution is -2.28. The molecule has 0 aliphatic heterocycles. The fourth-order valence-corrected chi connectivity index (χ4v) is 3.94. The molecule has 2 aromatic rings. The molecule has 0 radical (unpaired) electrons. The molecule has 0 spiro atoms. The Labute approximate surface area is 237 Å². The van der Waals surface area contributed by atoms with E-state index in [1.54, 1.807) is 0 Å². The van der Waals surface area contributed by atoms with Crippen LogP contribution in [0, 0.1) is 0 Å². The molecule has 11 heteroatoms. The summed E-state index contributed by atoms with van der Waals surface area (Å²) in [5, 5.41) is 9.45. The Balaban J connectivity index is 0.000000408. The fraction of sp³-hybridized carbons (Fsp3) is 0.517. The minimum atomic E-state index is -3.72. The maximum Gasteiger partial charge on any atom is 0.336 e. The molecule has 0 amide bonds. The molecule has 40 heavy (non-hydrogen) atoms. The normalized spacial score (nSPS) is 12.3. The zero-order valence-corrected chi connectivity index (χ0v) is 24.8. The van der Waals surface area contributed by atoms with Crippen LogP contribution in [0.4, 0.5) is 0 Å². The van der Waals surface area contributed by atoms with Crippen molar-refractivity contribution < 1.29 is 46.2 Å². The first-order valence-corrected chi connectivity index (χ1v) is 15.0. The van der Waals surface area contributed by atoms with Crippen LogP contribution >= 0.6 is 0 Å². The minimum absolute atomic E-state index is 0.217. The first-order valence-electron chi connectivity index (χ1n) is 13.2. The summed E-state index contributed by atoms with van der Waals surface area (Å²) in [5.74, 6) is 0.336. The minimum Gasteiger partial charge on any atom is -0.494 e. The number of aliphatic hydroxyl groups is 1. The molecule has 1 N–H and O–H groups in total. The summed E-state index contributed by atoms with van der Waals surface area (Å²) >= 11 is 0. The molecule has 0 bridgehead atoms. The van der Waals surface area contributed by atoms with E-state index in [9.17, 15) is 23.1 Å². The number of hydrogen-bond donors (Lipinski definition) is 1. The van der Waals surface area contributed by atoms with Crippen LogP contribution in [0.1, 0.15) is 50.7 Å². The standard InChI is InChI=1S/C15H22O6S.C14H20O4/c1-4-11-20-13-8-5-12(6-9-13)7-10-14(15(16)19-2)21-22(3,17)18;1-3-10-18-12-7-4-11(5-8-12)6-9-13(15)14(16)17-2/h5-6,8-9,14H,4,7,10-11H2,1-3H3;4-5,7-8,13,15H,3,6,9-10H2,1-2H3. The predicted octanol–water partition coefficient (Wildman–Crippen LogP) is 3.87. The van der Waals surface area contributed by atoms with Crippen LogP contribution < -0.4 is 9.47 Å². The summed E-state index contributed by atoms with van der Waals surface area (Å²) < 4.78 is 47.1. The lowest BCUT2D eigenvalue weighted by Gasteiger charge is -2.14. The monoisotopic (exact) mass is 582 g/mol. The van der Waals surface area contributed by atoms with Gasteiger partial charge in [0.05, 0.1) is 33.7 Å². The molecule has 0 saturated heterocycles. The Bertz CT molecular complexity index is 1100. The van der Waals surface area contributed by atoms with Crippen LogP contribution in [0.2, 0.25) is 0 Å². The zero-order valence-electron chi connectivity index (χ0n) is 24.0. The average molecular weight is 583 g/mol. The molecule has 2 unspecified atom stereocenters. The van der Waals surface area contributed by atoms with Gasteiger partial charge in [-0.15, -0.1) is 0 Å². The van der Waals surface area contributed by atoms with Gasteiger partial charge < -0.3 is 24.1 Å². The highest BCUT2D eigenvalue weighted by Gasteiger charge is 2.24. The van der Waals surface area contributed by atoms with Crippen LogP contribution in [-0.2, 0) is 46.2 Å². The van der Waals surface area contributed by atoms with Crippen molar-refractivity contribution in [3.63, 3.8) is 0 Å². The Morgan fingerprint density at radius 1 is 0.750 bits per heavy atom. The van der Waals surface area contributed by atoms with E-state index in [2.05, 4.69) is 16.4 Å². The van der Waals surface area contributed by atoms with E-state index in [0.29, 0.717) is 32.5 Å². The predicted molar refractivity (Wildman–Crippen MR) is 151 cm³/mol. The van der Waals surface area contributed by atoms with E-state index in [0.717, 1.165) is 41.7 Å². The van der Waals surface area contributed by atoms with Gasteiger partial charge in [0.25, 0.3) is 10.1 Å². The van der Waals surface area contributed by atoms with Crippen molar-refractivity contribution in [1.82, 2.24) is 0 Å². The molecule has 0 aliphatic rings. The van der Waals surface area contributed by atoms with Crippen molar-refractivity contribution in [3.8, 4) is 11.5 Å². The quantitative estimate of drug-likeness (QED) is 0.230. The highest BCUT2D eigenvalue weighted by molar-refractivity contribution is 7.86. The smallest absolute Gasteiger partial charge is 0.336 e. The van der Waals surface area contributed by atoms with Crippen LogP contribution in [0.15, 0.2) is 48.5 Å². The van der Waals surface area contributed by atoms with Gasteiger partial charge in [0, 0.05) is 0 Å². The maximum atomic E-state index is 11.6. The van der Waals surface area contributed by atoms with E-state index in [1.807, 2.05) is 55.5 Å². The molecular formula is C29H42O10S. The molecule has 0 aromatic heterocycles. The number of carbonyl (C=O) groups is 2. The number of aliphatic hydroxyl groups excluding tert-OH is 1. The van der Waals surface area contributed by atoms with Crippen molar-refractivity contribution >= 4 is 22.1 Å². The summed E-state index contributed by atoms with van der Waals surface area (Å²) in [6, 6.07) is 15.1. The van der Waals surface area contributed by atoms with Gasteiger partial charge in [0.1, 0.15) is 11.5 Å². The van der Waals surface area contributed by atoms with Gasteiger partial charge in [-0.3, -0.25) is 4.18 Å². The number of aryl methyl sites for hydroxylation is 2. The summed E-state index contributed by atoms with van der Waals surface area (Å²) in [4.78, 5) is 22.6. The molecule has 2 rings (SSSR count). The Morgan fingerprint density at radius 2 is 1.18 bits per heavy atom. The molecule has 10 nitrogen and oxygen atoms in total. The lowest BCUT2D eigenvalue weighted by atomic mass is 10.1. The number of rotatable bonds is 16. The second-order valence-corrected chi connectivity index (χ2v) is 10.5. The van der Waals surface area contributed by atoms with Gasteiger partial charge in [0.15, 0.2) is 12.2 Å². The highest BCUT2D eigenvalue weighted by Crippen LogP contribution is 2.16. The van der Waals surface area contributed by atoms with E-state index < -0.39 is 34.3 Å². The van der Waals surface area contributed by atoms with Crippen molar-refractivity contribution in [1.29, 1.82) is 0 Å². The van der Waals surface area contributed by atoms with Crippen LogP contribution in [0.25, 0.3) is 0 Å². The second kappa shape index (κ2) is 19.0. The summed E-state index contributed by atoms with van der Waals surface area (Å²) in [6.07, 6.45) is 2.34. The van der Waals surface area contributed by atoms with Crippen LogP contribution in [0.3, 0.4) is 0 Å². The zero-order chi connectivity index (χ0) is 30.0. The lowest BCUT2D eigenvalue weighted by molar-refractivity contribution is -0.150. The van der Waals surface area contributed by atoms with E-state index in [4.69, 9.17) is 13.7 Å². The molecule has 0 heterocycles. The van der Waals surface area contributed by atoms with Crippen molar-refractivity contribution in [3.05, 3.63) is 59.7 Å². The fourth-order valence-electron chi connectivity index (χ4n) is 3.35. The Kier molecular flexibility index (Phi) is 16.6. The van der Waals surface area contributed by atoms with Crippen molar-refractivity contribution in [2.24, 2.45) is 0 Å². The number of benzene rings is 2. The van der Waals surface area contributed by atoms with Gasteiger partial charge in [-0.05, 0) is 73.9 Å². The van der Waals surface area contributed by atoms with E-state index in [-0.39, 0.29) is 6.42 Å². The first-order chi connectivity index (χ1) is 19.0. The third kappa shape index (κ3) is 14.9.